The lowest BCUT2D eigenvalue weighted by atomic mass is 10.2. The van der Waals surface area contributed by atoms with Gasteiger partial charge in [-0.15, -0.1) is 0 Å². The summed E-state index contributed by atoms with van der Waals surface area (Å²) in [6, 6.07) is 7.86. The molecule has 100 valence electrons. The predicted octanol–water partition coefficient (Wildman–Crippen LogP) is 3.71. The highest BCUT2D eigenvalue weighted by Crippen LogP contribution is 2.30. The fraction of sp³-hybridized carbons (Fsp3) is 0.267. The van der Waals surface area contributed by atoms with Gasteiger partial charge < -0.3 is 10.1 Å². The highest BCUT2D eigenvalue weighted by atomic mass is 35.5. The summed E-state index contributed by atoms with van der Waals surface area (Å²) in [6.07, 6.45) is 4.58. The Kier molecular flexibility index (Phi) is 4.63. The molecule has 1 aromatic carbocycles. The second-order valence-corrected chi connectivity index (χ2v) is 4.75. The zero-order chi connectivity index (χ0) is 13.7. The second kappa shape index (κ2) is 6.43. The third-order valence-electron chi connectivity index (χ3n) is 2.93. The number of hydrogen-bond acceptors (Lipinski definition) is 3. The van der Waals surface area contributed by atoms with Crippen molar-refractivity contribution in [2.75, 3.05) is 19.0 Å². The Morgan fingerprint density at radius 1 is 1.37 bits per heavy atom. The fourth-order valence-electron chi connectivity index (χ4n) is 1.86. The van der Waals surface area contributed by atoms with E-state index in [2.05, 4.69) is 16.4 Å². The number of halogens is 1. The number of rotatable bonds is 5. The van der Waals surface area contributed by atoms with E-state index in [0.29, 0.717) is 0 Å². The van der Waals surface area contributed by atoms with Gasteiger partial charge in [0.25, 0.3) is 0 Å². The van der Waals surface area contributed by atoms with Crippen LogP contribution in [0.25, 0.3) is 0 Å². The molecule has 0 aliphatic rings. The first kappa shape index (κ1) is 13.7. The zero-order valence-electron chi connectivity index (χ0n) is 11.1. The van der Waals surface area contributed by atoms with Gasteiger partial charge in [-0.25, -0.2) is 0 Å². The van der Waals surface area contributed by atoms with E-state index in [0.717, 1.165) is 35.0 Å². The summed E-state index contributed by atoms with van der Waals surface area (Å²) in [5, 5.41) is 4.09. The number of anilines is 1. The Morgan fingerprint density at radius 3 is 2.89 bits per heavy atom. The first-order chi connectivity index (χ1) is 9.20. The average molecular weight is 277 g/mol. The Hall–Kier alpha value is -1.74. The van der Waals surface area contributed by atoms with Gasteiger partial charge in [-0.2, -0.15) is 0 Å². The monoisotopic (exact) mass is 276 g/mol. The number of pyridine rings is 1. The van der Waals surface area contributed by atoms with E-state index in [4.69, 9.17) is 16.3 Å². The lowest BCUT2D eigenvalue weighted by Crippen LogP contribution is -2.06. The summed E-state index contributed by atoms with van der Waals surface area (Å²) < 4.78 is 5.32. The van der Waals surface area contributed by atoms with E-state index in [1.165, 1.54) is 5.56 Å². The van der Waals surface area contributed by atoms with Gasteiger partial charge in [0, 0.05) is 30.0 Å². The van der Waals surface area contributed by atoms with Crippen LogP contribution in [0.1, 0.15) is 11.1 Å². The van der Waals surface area contributed by atoms with Crippen LogP contribution in [0.15, 0.2) is 36.7 Å². The maximum absolute atomic E-state index is 6.08. The summed E-state index contributed by atoms with van der Waals surface area (Å²) in [6.45, 7) is 2.80. The van der Waals surface area contributed by atoms with Crippen LogP contribution >= 0.6 is 11.6 Å². The first-order valence-electron chi connectivity index (χ1n) is 6.17. The van der Waals surface area contributed by atoms with Crippen LogP contribution in [0.3, 0.4) is 0 Å². The molecule has 4 heteroatoms. The van der Waals surface area contributed by atoms with Crippen molar-refractivity contribution in [3.8, 4) is 5.75 Å². The van der Waals surface area contributed by atoms with Crippen molar-refractivity contribution in [3.05, 3.63) is 52.8 Å². The van der Waals surface area contributed by atoms with E-state index in [9.17, 15) is 0 Å². The van der Waals surface area contributed by atoms with Gasteiger partial charge in [0.2, 0.25) is 0 Å². The number of ether oxygens (including phenoxy) is 1. The Balaban J connectivity index is 2.01. The van der Waals surface area contributed by atoms with Gasteiger partial charge in [-0.1, -0.05) is 17.7 Å². The second-order valence-electron chi connectivity index (χ2n) is 4.34. The van der Waals surface area contributed by atoms with Gasteiger partial charge in [-0.05, 0) is 36.6 Å². The predicted molar refractivity (Wildman–Crippen MR) is 79.2 cm³/mol. The van der Waals surface area contributed by atoms with E-state index < -0.39 is 0 Å². The topological polar surface area (TPSA) is 34.1 Å². The first-order valence-corrected chi connectivity index (χ1v) is 6.55. The molecule has 0 unspecified atom stereocenters. The summed E-state index contributed by atoms with van der Waals surface area (Å²) in [7, 11) is 1.65. The van der Waals surface area contributed by atoms with Crippen LogP contribution in [0.2, 0.25) is 5.02 Å². The summed E-state index contributed by atoms with van der Waals surface area (Å²) >= 11 is 6.08. The van der Waals surface area contributed by atoms with E-state index in [-0.39, 0.29) is 0 Å². The van der Waals surface area contributed by atoms with Crippen molar-refractivity contribution < 1.29 is 4.74 Å². The maximum atomic E-state index is 6.08. The molecule has 3 nitrogen and oxygen atoms in total. The minimum absolute atomic E-state index is 0.717. The minimum atomic E-state index is 0.717. The molecular formula is C15H17ClN2O. The number of aromatic nitrogens is 1. The summed E-state index contributed by atoms with van der Waals surface area (Å²) in [5.41, 5.74) is 3.21. The molecule has 0 amide bonds. The highest BCUT2D eigenvalue weighted by molar-refractivity contribution is 6.31. The van der Waals surface area contributed by atoms with Crippen molar-refractivity contribution in [2.24, 2.45) is 0 Å². The molecule has 0 fully saturated rings. The Bertz CT molecular complexity index is 543. The molecule has 0 bridgehead atoms. The molecule has 0 aliphatic heterocycles. The smallest absolute Gasteiger partial charge is 0.143 e. The molecule has 1 heterocycles. The number of benzene rings is 1. The number of aryl methyl sites for hydroxylation is 1. The third kappa shape index (κ3) is 3.61. The maximum Gasteiger partial charge on any atom is 0.143 e. The Labute approximate surface area is 118 Å². The number of hydrogen-bond donors (Lipinski definition) is 1. The summed E-state index contributed by atoms with van der Waals surface area (Å²) in [4.78, 5) is 4.10. The van der Waals surface area contributed by atoms with Crippen molar-refractivity contribution in [1.29, 1.82) is 0 Å². The molecular weight excluding hydrogens is 260 g/mol. The Morgan fingerprint density at radius 2 is 2.21 bits per heavy atom. The quantitative estimate of drug-likeness (QED) is 0.904. The van der Waals surface area contributed by atoms with Crippen LogP contribution < -0.4 is 10.1 Å². The molecule has 1 N–H and O–H groups in total. The molecule has 0 atom stereocenters. The number of nitrogens with one attached hydrogen (secondary N) is 1. The van der Waals surface area contributed by atoms with Gasteiger partial charge >= 0.3 is 0 Å². The van der Waals surface area contributed by atoms with Gasteiger partial charge in [-0.3, -0.25) is 4.98 Å². The molecule has 0 spiro atoms. The molecule has 0 saturated heterocycles. The largest absolute Gasteiger partial charge is 0.495 e. The van der Waals surface area contributed by atoms with E-state index in [1.807, 2.05) is 31.3 Å². The molecule has 0 aliphatic carbocycles. The van der Waals surface area contributed by atoms with Crippen molar-refractivity contribution in [1.82, 2.24) is 4.98 Å². The van der Waals surface area contributed by atoms with Crippen molar-refractivity contribution in [2.45, 2.75) is 13.3 Å². The number of nitrogens with zero attached hydrogens (tertiary/aromatic N) is 1. The standard InChI is InChI=1S/C15H17ClN2O/c1-11-8-14(15(19-2)9-13(11)16)18-7-5-12-4-3-6-17-10-12/h3-4,6,8-10,18H,5,7H2,1-2H3. The van der Waals surface area contributed by atoms with Crippen LogP contribution in [0.5, 0.6) is 5.75 Å². The molecule has 0 radical (unpaired) electrons. The molecule has 0 saturated carbocycles. The van der Waals surface area contributed by atoms with Crippen LogP contribution in [0.4, 0.5) is 5.69 Å². The molecule has 1 aromatic heterocycles. The summed E-state index contributed by atoms with van der Waals surface area (Å²) in [5.74, 6) is 0.766. The van der Waals surface area contributed by atoms with Gasteiger partial charge in [0.15, 0.2) is 0 Å². The fourth-order valence-corrected chi connectivity index (χ4v) is 2.01. The third-order valence-corrected chi connectivity index (χ3v) is 3.34. The minimum Gasteiger partial charge on any atom is -0.495 e. The van der Waals surface area contributed by atoms with E-state index in [1.54, 1.807) is 13.3 Å². The van der Waals surface area contributed by atoms with Gasteiger partial charge in [0.05, 0.1) is 12.8 Å². The van der Waals surface area contributed by atoms with Crippen LogP contribution in [-0.2, 0) is 6.42 Å². The zero-order valence-corrected chi connectivity index (χ0v) is 11.9. The van der Waals surface area contributed by atoms with Crippen molar-refractivity contribution >= 4 is 17.3 Å². The normalized spacial score (nSPS) is 10.3. The highest BCUT2D eigenvalue weighted by Gasteiger charge is 2.06. The lowest BCUT2D eigenvalue weighted by molar-refractivity contribution is 0.416. The van der Waals surface area contributed by atoms with E-state index >= 15 is 0 Å². The molecule has 2 aromatic rings. The van der Waals surface area contributed by atoms with Crippen LogP contribution in [-0.4, -0.2) is 18.6 Å². The SMILES string of the molecule is COc1cc(Cl)c(C)cc1NCCc1cccnc1. The lowest BCUT2D eigenvalue weighted by Gasteiger charge is -2.13. The van der Waals surface area contributed by atoms with Crippen molar-refractivity contribution in [3.63, 3.8) is 0 Å². The average Bonchev–Trinajstić information content (AvgIpc) is 2.43. The van der Waals surface area contributed by atoms with Crippen LogP contribution in [0, 0.1) is 6.92 Å². The van der Waals surface area contributed by atoms with Gasteiger partial charge in [0.1, 0.15) is 5.75 Å². The molecule has 19 heavy (non-hydrogen) atoms. The molecule has 2 rings (SSSR count). The number of methoxy groups -OCH3 is 1.